The second-order valence-corrected chi connectivity index (χ2v) is 9.33. The number of halogens is 1. The molecule has 0 fully saturated rings. The van der Waals surface area contributed by atoms with Gasteiger partial charge in [-0.1, -0.05) is 76.9 Å². The Morgan fingerprint density at radius 2 is 1.88 bits per heavy atom. The number of aryl methyl sites for hydroxylation is 2. The maximum atomic E-state index is 10.8. The molecule has 1 aliphatic rings. The molecule has 1 N–H and O–H groups in total. The molecule has 0 saturated heterocycles. The highest BCUT2D eigenvalue weighted by molar-refractivity contribution is 6.30. The molecule has 3 aromatic rings. The SMILES string of the molecule is Cc1ccc(C2=NO[C@H](CN(Cc3cccc(Cl)c3)C[C@@H](O)COc3ccccc3C)C2)cc1. The van der Waals surface area contributed by atoms with E-state index in [9.17, 15) is 5.11 Å². The number of oxime groups is 1. The molecule has 0 aliphatic carbocycles. The van der Waals surface area contributed by atoms with Crippen LogP contribution >= 0.6 is 11.6 Å². The molecule has 0 unspecified atom stereocenters. The fourth-order valence-corrected chi connectivity index (χ4v) is 4.30. The van der Waals surface area contributed by atoms with E-state index < -0.39 is 6.10 Å². The van der Waals surface area contributed by atoms with Gasteiger partial charge in [0.25, 0.3) is 0 Å². The summed E-state index contributed by atoms with van der Waals surface area (Å²) in [6.45, 7) is 6.00. The number of aliphatic hydroxyl groups is 1. The van der Waals surface area contributed by atoms with Crippen molar-refractivity contribution in [3.63, 3.8) is 0 Å². The van der Waals surface area contributed by atoms with Crippen LogP contribution in [0, 0.1) is 13.8 Å². The van der Waals surface area contributed by atoms with Gasteiger partial charge in [0.15, 0.2) is 0 Å². The summed E-state index contributed by atoms with van der Waals surface area (Å²) in [4.78, 5) is 7.95. The molecule has 1 heterocycles. The van der Waals surface area contributed by atoms with Crippen molar-refractivity contribution >= 4 is 17.3 Å². The van der Waals surface area contributed by atoms with Crippen molar-refractivity contribution in [1.82, 2.24) is 4.90 Å². The van der Waals surface area contributed by atoms with Crippen molar-refractivity contribution in [2.45, 2.75) is 39.0 Å². The molecule has 0 spiro atoms. The lowest BCUT2D eigenvalue weighted by atomic mass is 10.0. The Labute approximate surface area is 206 Å². The quantitative estimate of drug-likeness (QED) is 0.424. The van der Waals surface area contributed by atoms with Crippen LogP contribution in [0.15, 0.2) is 78.0 Å². The lowest BCUT2D eigenvalue weighted by Gasteiger charge is -2.27. The minimum Gasteiger partial charge on any atom is -0.491 e. The molecular weight excluding hydrogens is 448 g/mol. The lowest BCUT2D eigenvalue weighted by molar-refractivity contribution is 0.0212. The highest BCUT2D eigenvalue weighted by Crippen LogP contribution is 2.21. The van der Waals surface area contributed by atoms with Crippen LogP contribution in [-0.4, -0.2) is 47.6 Å². The van der Waals surface area contributed by atoms with Gasteiger partial charge >= 0.3 is 0 Å². The Morgan fingerprint density at radius 1 is 1.09 bits per heavy atom. The molecule has 0 aromatic heterocycles. The van der Waals surface area contributed by atoms with Gasteiger partial charge in [0.1, 0.15) is 24.6 Å². The Kier molecular flexibility index (Phi) is 8.22. The average molecular weight is 479 g/mol. The summed E-state index contributed by atoms with van der Waals surface area (Å²) in [6.07, 6.45) is -0.0112. The summed E-state index contributed by atoms with van der Waals surface area (Å²) in [7, 11) is 0. The van der Waals surface area contributed by atoms with E-state index in [-0.39, 0.29) is 12.7 Å². The van der Waals surface area contributed by atoms with Crippen LogP contribution < -0.4 is 4.74 Å². The van der Waals surface area contributed by atoms with Crippen LogP contribution in [0.25, 0.3) is 0 Å². The maximum absolute atomic E-state index is 10.8. The van der Waals surface area contributed by atoms with Crippen molar-refractivity contribution in [3.8, 4) is 5.75 Å². The van der Waals surface area contributed by atoms with Crippen LogP contribution in [0.4, 0.5) is 0 Å². The zero-order chi connectivity index (χ0) is 23.9. The summed E-state index contributed by atoms with van der Waals surface area (Å²) in [5.41, 5.74) is 5.38. The van der Waals surface area contributed by atoms with Crippen molar-refractivity contribution in [3.05, 3.63) is 100 Å². The molecule has 178 valence electrons. The highest BCUT2D eigenvalue weighted by Gasteiger charge is 2.26. The van der Waals surface area contributed by atoms with Crippen molar-refractivity contribution in [2.75, 3.05) is 19.7 Å². The van der Waals surface area contributed by atoms with Gasteiger partial charge in [-0.25, -0.2) is 0 Å². The molecule has 0 bridgehead atoms. The number of benzene rings is 3. The first-order chi connectivity index (χ1) is 16.5. The fraction of sp³-hybridized carbons (Fsp3) is 0.321. The Balaban J connectivity index is 1.38. The third-order valence-electron chi connectivity index (χ3n) is 5.87. The number of hydrogen-bond donors (Lipinski definition) is 1. The van der Waals surface area contributed by atoms with Gasteiger partial charge in [-0.15, -0.1) is 0 Å². The smallest absolute Gasteiger partial charge is 0.145 e. The predicted molar refractivity (Wildman–Crippen MR) is 137 cm³/mol. The molecular formula is C28H31ClN2O3. The van der Waals surface area contributed by atoms with E-state index in [1.165, 1.54) is 5.56 Å². The van der Waals surface area contributed by atoms with Crippen molar-refractivity contribution in [2.24, 2.45) is 5.16 Å². The molecule has 2 atom stereocenters. The number of nitrogens with zero attached hydrogens (tertiary/aromatic N) is 2. The number of hydrogen-bond acceptors (Lipinski definition) is 5. The number of aliphatic hydroxyl groups excluding tert-OH is 1. The zero-order valence-electron chi connectivity index (χ0n) is 19.7. The largest absolute Gasteiger partial charge is 0.491 e. The third-order valence-corrected chi connectivity index (χ3v) is 6.10. The van der Waals surface area contributed by atoms with E-state index in [0.717, 1.165) is 34.6 Å². The third kappa shape index (κ3) is 6.83. The Morgan fingerprint density at radius 3 is 2.65 bits per heavy atom. The first-order valence-corrected chi connectivity index (χ1v) is 12.0. The second-order valence-electron chi connectivity index (χ2n) is 8.89. The van der Waals surface area contributed by atoms with E-state index in [2.05, 4.69) is 41.2 Å². The highest BCUT2D eigenvalue weighted by atomic mass is 35.5. The van der Waals surface area contributed by atoms with Gasteiger partial charge in [-0.3, -0.25) is 4.90 Å². The molecule has 5 nitrogen and oxygen atoms in total. The summed E-state index contributed by atoms with van der Waals surface area (Å²) in [6, 6.07) is 23.9. The summed E-state index contributed by atoms with van der Waals surface area (Å²) in [5, 5.41) is 15.8. The van der Waals surface area contributed by atoms with E-state index in [1.807, 2.05) is 55.5 Å². The Bertz CT molecular complexity index is 1120. The van der Waals surface area contributed by atoms with Gasteiger partial charge in [-0.2, -0.15) is 0 Å². The molecule has 0 saturated carbocycles. The van der Waals surface area contributed by atoms with E-state index in [4.69, 9.17) is 21.2 Å². The van der Waals surface area contributed by atoms with E-state index in [0.29, 0.717) is 24.7 Å². The molecule has 3 aromatic carbocycles. The number of para-hydroxylation sites is 1. The fourth-order valence-electron chi connectivity index (χ4n) is 4.08. The molecule has 4 rings (SSSR count). The molecule has 0 radical (unpaired) electrons. The normalized spacial score (nSPS) is 16.3. The average Bonchev–Trinajstić information content (AvgIpc) is 3.27. The predicted octanol–water partition coefficient (Wildman–Crippen LogP) is 5.39. The van der Waals surface area contributed by atoms with Crippen LogP contribution in [0.5, 0.6) is 5.75 Å². The number of rotatable bonds is 10. The molecule has 34 heavy (non-hydrogen) atoms. The minimum atomic E-state index is -0.655. The van der Waals surface area contributed by atoms with Gasteiger partial charge in [0, 0.05) is 31.1 Å². The van der Waals surface area contributed by atoms with Crippen molar-refractivity contribution in [1.29, 1.82) is 0 Å². The van der Waals surface area contributed by atoms with Gasteiger partial charge in [-0.05, 0) is 48.7 Å². The Hall–Kier alpha value is -2.86. The monoisotopic (exact) mass is 478 g/mol. The second kappa shape index (κ2) is 11.5. The van der Waals surface area contributed by atoms with Gasteiger partial charge in [0.05, 0.1) is 5.71 Å². The lowest BCUT2D eigenvalue weighted by Crippen LogP contribution is -2.39. The molecule has 0 amide bonds. The topological polar surface area (TPSA) is 54.3 Å². The molecule has 6 heteroatoms. The van der Waals surface area contributed by atoms with Crippen LogP contribution in [-0.2, 0) is 11.4 Å². The van der Waals surface area contributed by atoms with Crippen LogP contribution in [0.1, 0.15) is 28.7 Å². The van der Waals surface area contributed by atoms with Crippen molar-refractivity contribution < 1.29 is 14.7 Å². The minimum absolute atomic E-state index is 0.0834. The van der Waals surface area contributed by atoms with Gasteiger partial charge in [0.2, 0.25) is 0 Å². The summed E-state index contributed by atoms with van der Waals surface area (Å²) < 4.78 is 5.87. The maximum Gasteiger partial charge on any atom is 0.145 e. The van der Waals surface area contributed by atoms with Gasteiger partial charge < -0.3 is 14.7 Å². The summed E-state index contributed by atoms with van der Waals surface area (Å²) >= 11 is 6.20. The first kappa shape index (κ1) is 24.3. The number of ether oxygens (including phenoxy) is 1. The van der Waals surface area contributed by atoms with Crippen LogP contribution in [0.2, 0.25) is 5.02 Å². The van der Waals surface area contributed by atoms with E-state index >= 15 is 0 Å². The molecule has 1 aliphatic heterocycles. The van der Waals surface area contributed by atoms with Crippen LogP contribution in [0.3, 0.4) is 0 Å². The summed E-state index contributed by atoms with van der Waals surface area (Å²) in [5.74, 6) is 0.790. The standard InChI is InChI=1S/C28H31ClN2O3/c1-20-10-12-23(13-11-20)27-15-26(34-30-27)18-31(16-22-7-5-8-24(29)14-22)17-25(32)19-33-28-9-4-3-6-21(28)2/h3-14,25-26,32H,15-19H2,1-2H3/t25-,26+/m1/s1. The van der Waals surface area contributed by atoms with E-state index in [1.54, 1.807) is 0 Å². The zero-order valence-corrected chi connectivity index (χ0v) is 20.4. The first-order valence-electron chi connectivity index (χ1n) is 11.6.